The van der Waals surface area contributed by atoms with Crippen LogP contribution in [0.5, 0.6) is 0 Å². The first-order chi connectivity index (χ1) is 10.2. The van der Waals surface area contributed by atoms with Crippen LogP contribution in [0.4, 0.5) is 11.4 Å². The zero-order valence-electron chi connectivity index (χ0n) is 11.4. The summed E-state index contributed by atoms with van der Waals surface area (Å²) in [4.78, 5) is 16.0. The van der Waals surface area contributed by atoms with Gasteiger partial charge in [0.25, 0.3) is 5.91 Å². The van der Waals surface area contributed by atoms with Gasteiger partial charge in [-0.1, -0.05) is 29.8 Å². The highest BCUT2D eigenvalue weighted by molar-refractivity contribution is 6.42. The molecule has 2 aromatic carbocycles. The fourth-order valence-electron chi connectivity index (χ4n) is 1.59. The van der Waals surface area contributed by atoms with Crippen molar-refractivity contribution in [3.05, 3.63) is 59.6 Å². The van der Waals surface area contributed by atoms with Crippen molar-refractivity contribution < 1.29 is 4.79 Å². The molecule has 0 heterocycles. The predicted molar refractivity (Wildman–Crippen MR) is 86.6 cm³/mol. The Bertz CT molecular complexity index is 626. The summed E-state index contributed by atoms with van der Waals surface area (Å²) in [7, 11) is 1.54. The maximum Gasteiger partial charge on any atom is 0.292 e. The van der Waals surface area contributed by atoms with Gasteiger partial charge in [0.15, 0.2) is 0 Å². The third-order valence-corrected chi connectivity index (χ3v) is 2.89. The van der Waals surface area contributed by atoms with E-state index >= 15 is 0 Å². The first-order valence-electron chi connectivity index (χ1n) is 6.30. The van der Waals surface area contributed by atoms with E-state index in [1.165, 1.54) is 7.05 Å². The zero-order valence-corrected chi connectivity index (χ0v) is 12.2. The fourth-order valence-corrected chi connectivity index (χ4v) is 1.72. The minimum Gasteiger partial charge on any atom is -0.319 e. The third kappa shape index (κ3) is 4.50. The van der Waals surface area contributed by atoms with Crippen LogP contribution in [0.15, 0.2) is 59.6 Å². The van der Waals surface area contributed by atoms with Crippen molar-refractivity contribution in [3.8, 4) is 0 Å². The number of aliphatic imine (C=N–C) groups is 1. The molecule has 2 aromatic rings. The van der Waals surface area contributed by atoms with Gasteiger partial charge in [0.1, 0.15) is 0 Å². The van der Waals surface area contributed by atoms with Crippen LogP contribution in [0.25, 0.3) is 0 Å². The van der Waals surface area contributed by atoms with E-state index in [-0.39, 0.29) is 11.7 Å². The number of hydrazine groups is 1. The average molecular weight is 303 g/mol. The molecular formula is C15H15ClN4O. The summed E-state index contributed by atoms with van der Waals surface area (Å²) in [6.07, 6.45) is 0. The van der Waals surface area contributed by atoms with Crippen molar-refractivity contribution in [2.75, 3.05) is 17.8 Å². The van der Waals surface area contributed by atoms with Gasteiger partial charge < -0.3 is 5.32 Å². The quantitative estimate of drug-likeness (QED) is 0.464. The summed E-state index contributed by atoms with van der Waals surface area (Å²) >= 11 is 5.81. The summed E-state index contributed by atoms with van der Waals surface area (Å²) < 4.78 is 0. The third-order valence-electron chi connectivity index (χ3n) is 2.64. The van der Waals surface area contributed by atoms with Crippen LogP contribution in [-0.2, 0) is 4.79 Å². The molecule has 0 aliphatic carbocycles. The van der Waals surface area contributed by atoms with Crippen molar-refractivity contribution in [2.45, 2.75) is 0 Å². The SMILES string of the molecule is CN=C(NNc1ccc(Cl)cc1)C(=O)Nc1ccccc1. The van der Waals surface area contributed by atoms with Crippen LogP contribution < -0.4 is 16.2 Å². The highest BCUT2D eigenvalue weighted by atomic mass is 35.5. The molecule has 3 N–H and O–H groups in total. The molecule has 0 aliphatic rings. The number of hydrogen-bond acceptors (Lipinski definition) is 3. The number of halogens is 1. The maximum atomic E-state index is 12.1. The monoisotopic (exact) mass is 302 g/mol. The number of hydrogen-bond donors (Lipinski definition) is 3. The second-order valence-corrected chi connectivity index (χ2v) is 4.59. The molecule has 0 aliphatic heterocycles. The highest BCUT2D eigenvalue weighted by Gasteiger charge is 2.10. The molecule has 0 aromatic heterocycles. The second kappa shape index (κ2) is 7.31. The Balaban J connectivity index is 1.94. The van der Waals surface area contributed by atoms with Gasteiger partial charge >= 0.3 is 0 Å². The van der Waals surface area contributed by atoms with Gasteiger partial charge in [0.05, 0.1) is 5.69 Å². The lowest BCUT2D eigenvalue weighted by Gasteiger charge is -2.12. The minimum absolute atomic E-state index is 0.175. The Morgan fingerprint density at radius 3 is 2.29 bits per heavy atom. The largest absolute Gasteiger partial charge is 0.319 e. The van der Waals surface area contributed by atoms with Crippen molar-refractivity contribution in [2.24, 2.45) is 4.99 Å². The Labute approximate surface area is 128 Å². The Hall–Kier alpha value is -2.53. The van der Waals surface area contributed by atoms with E-state index < -0.39 is 0 Å². The van der Waals surface area contributed by atoms with Crippen LogP contribution in [0.1, 0.15) is 0 Å². The Morgan fingerprint density at radius 1 is 1.00 bits per heavy atom. The highest BCUT2D eigenvalue weighted by Crippen LogP contribution is 2.12. The zero-order chi connectivity index (χ0) is 15.1. The molecule has 5 nitrogen and oxygen atoms in total. The number of nitrogens with one attached hydrogen (secondary N) is 3. The molecule has 1 amide bonds. The number of carbonyl (C=O) groups excluding carboxylic acids is 1. The lowest BCUT2D eigenvalue weighted by molar-refractivity contribution is -0.110. The van der Waals surface area contributed by atoms with Gasteiger partial charge in [0.2, 0.25) is 5.84 Å². The number of nitrogens with zero attached hydrogens (tertiary/aromatic N) is 1. The predicted octanol–water partition coefficient (Wildman–Crippen LogP) is 2.92. The second-order valence-electron chi connectivity index (χ2n) is 4.15. The number of amidine groups is 1. The van der Waals surface area contributed by atoms with Crippen LogP contribution in [0.2, 0.25) is 5.02 Å². The molecule has 0 atom stereocenters. The molecule has 0 spiro atoms. The molecule has 0 saturated carbocycles. The van der Waals surface area contributed by atoms with Crippen molar-refractivity contribution in [1.82, 2.24) is 5.43 Å². The molecule has 0 radical (unpaired) electrons. The van der Waals surface area contributed by atoms with Crippen LogP contribution in [0.3, 0.4) is 0 Å². The number of benzene rings is 2. The van der Waals surface area contributed by atoms with Crippen molar-refractivity contribution in [1.29, 1.82) is 0 Å². The minimum atomic E-state index is -0.329. The summed E-state index contributed by atoms with van der Waals surface area (Å²) in [6, 6.07) is 16.3. The molecule has 108 valence electrons. The van der Waals surface area contributed by atoms with E-state index in [1.807, 2.05) is 18.2 Å². The molecular weight excluding hydrogens is 288 g/mol. The fraction of sp³-hybridized carbons (Fsp3) is 0.0667. The summed E-state index contributed by atoms with van der Waals surface area (Å²) in [5.74, 6) is -0.154. The standard InChI is InChI=1S/C15H15ClN4O/c1-17-14(15(21)18-12-5-3-2-4-6-12)20-19-13-9-7-11(16)8-10-13/h2-10,19H,1H3,(H,17,20)(H,18,21). The van der Waals surface area contributed by atoms with Crippen LogP contribution in [0, 0.1) is 0 Å². The maximum absolute atomic E-state index is 12.1. The van der Waals surface area contributed by atoms with Gasteiger partial charge in [-0.15, -0.1) is 0 Å². The van der Waals surface area contributed by atoms with Crippen LogP contribution >= 0.6 is 11.6 Å². The molecule has 0 bridgehead atoms. The smallest absolute Gasteiger partial charge is 0.292 e. The lowest BCUT2D eigenvalue weighted by Crippen LogP contribution is -2.39. The van der Waals surface area contributed by atoms with E-state index in [4.69, 9.17) is 11.6 Å². The number of amides is 1. The van der Waals surface area contributed by atoms with E-state index in [0.717, 1.165) is 5.69 Å². The van der Waals surface area contributed by atoms with Gasteiger partial charge in [0, 0.05) is 17.8 Å². The number of rotatable bonds is 3. The van der Waals surface area contributed by atoms with Gasteiger partial charge in [-0.05, 0) is 36.4 Å². The number of anilines is 2. The van der Waals surface area contributed by atoms with E-state index in [1.54, 1.807) is 36.4 Å². The number of carbonyl (C=O) groups is 1. The molecule has 0 fully saturated rings. The van der Waals surface area contributed by atoms with Crippen molar-refractivity contribution in [3.63, 3.8) is 0 Å². The Morgan fingerprint density at radius 2 is 1.67 bits per heavy atom. The van der Waals surface area contributed by atoms with Crippen LogP contribution in [-0.4, -0.2) is 18.8 Å². The summed E-state index contributed by atoms with van der Waals surface area (Å²) in [6.45, 7) is 0. The van der Waals surface area contributed by atoms with E-state index in [0.29, 0.717) is 10.7 Å². The molecule has 0 saturated heterocycles. The normalized spacial score (nSPS) is 10.9. The first kappa shape index (κ1) is 14.9. The molecule has 21 heavy (non-hydrogen) atoms. The van der Waals surface area contributed by atoms with E-state index in [2.05, 4.69) is 21.2 Å². The topological polar surface area (TPSA) is 65.5 Å². The number of para-hydroxylation sites is 1. The molecule has 0 unspecified atom stereocenters. The summed E-state index contributed by atoms with van der Waals surface area (Å²) in [5.41, 5.74) is 7.14. The van der Waals surface area contributed by atoms with E-state index in [9.17, 15) is 4.79 Å². The van der Waals surface area contributed by atoms with Gasteiger partial charge in [-0.25, -0.2) is 0 Å². The first-order valence-corrected chi connectivity index (χ1v) is 6.67. The van der Waals surface area contributed by atoms with Gasteiger partial charge in [-0.2, -0.15) is 0 Å². The Kier molecular flexibility index (Phi) is 5.17. The molecule has 6 heteroatoms. The van der Waals surface area contributed by atoms with Crippen molar-refractivity contribution >= 4 is 34.7 Å². The average Bonchev–Trinajstić information content (AvgIpc) is 2.51. The lowest BCUT2D eigenvalue weighted by atomic mass is 10.3. The summed E-state index contributed by atoms with van der Waals surface area (Å²) in [5, 5.41) is 3.39. The van der Waals surface area contributed by atoms with Gasteiger partial charge in [-0.3, -0.25) is 20.6 Å². The molecule has 2 rings (SSSR count).